The van der Waals surface area contributed by atoms with Gasteiger partial charge in [0, 0.05) is 5.56 Å². The lowest BCUT2D eigenvalue weighted by atomic mass is 10.1. The Labute approximate surface area is 113 Å². The molecule has 0 aliphatic rings. The van der Waals surface area contributed by atoms with Crippen LogP contribution in [-0.2, 0) is 0 Å². The molecule has 1 amide bonds. The Morgan fingerprint density at radius 2 is 2.00 bits per heavy atom. The molecule has 0 spiro atoms. The van der Waals surface area contributed by atoms with Gasteiger partial charge in [-0.1, -0.05) is 6.07 Å². The van der Waals surface area contributed by atoms with Crippen molar-refractivity contribution in [3.63, 3.8) is 0 Å². The highest BCUT2D eigenvalue weighted by atomic mass is 32.1. The number of carboxylic acids is 1. The summed E-state index contributed by atoms with van der Waals surface area (Å²) in [6.07, 6.45) is 0. The number of benzene rings is 1. The van der Waals surface area contributed by atoms with Gasteiger partial charge < -0.3 is 15.5 Å². The van der Waals surface area contributed by atoms with E-state index in [9.17, 15) is 14.7 Å². The predicted molar refractivity (Wildman–Crippen MR) is 72.1 cm³/mol. The standard InChI is InChI=1S/C13H11NO4S/c1-7-2-3-8(6-10(7)15)12(16)14-9-4-5-19-11(9)13(17)18/h2-6,15H,1H3,(H,14,16)(H,17,18). The highest BCUT2D eigenvalue weighted by Crippen LogP contribution is 2.24. The molecule has 19 heavy (non-hydrogen) atoms. The van der Waals surface area contributed by atoms with E-state index >= 15 is 0 Å². The molecule has 0 fully saturated rings. The molecule has 98 valence electrons. The number of aromatic carboxylic acids is 1. The molecule has 0 saturated heterocycles. The lowest BCUT2D eigenvalue weighted by Gasteiger charge is -2.06. The zero-order valence-corrected chi connectivity index (χ0v) is 10.8. The molecular formula is C13H11NO4S. The van der Waals surface area contributed by atoms with Crippen molar-refractivity contribution in [2.75, 3.05) is 5.32 Å². The van der Waals surface area contributed by atoms with Crippen molar-refractivity contribution in [3.05, 3.63) is 45.6 Å². The maximum atomic E-state index is 11.9. The molecule has 0 bridgehead atoms. The van der Waals surface area contributed by atoms with Crippen molar-refractivity contribution in [2.24, 2.45) is 0 Å². The topological polar surface area (TPSA) is 86.6 Å². The molecular weight excluding hydrogens is 266 g/mol. The molecule has 0 atom stereocenters. The van der Waals surface area contributed by atoms with Crippen LogP contribution in [0.25, 0.3) is 0 Å². The number of rotatable bonds is 3. The Morgan fingerprint density at radius 3 is 2.63 bits per heavy atom. The van der Waals surface area contributed by atoms with Gasteiger partial charge in [-0.2, -0.15) is 0 Å². The van der Waals surface area contributed by atoms with Gasteiger partial charge in [0.1, 0.15) is 10.6 Å². The number of phenolic OH excluding ortho intramolecular Hbond substituents is 1. The van der Waals surface area contributed by atoms with Crippen molar-refractivity contribution >= 4 is 28.9 Å². The molecule has 1 heterocycles. The average molecular weight is 277 g/mol. The number of carboxylic acid groups (broad SMARTS) is 1. The fourth-order valence-corrected chi connectivity index (χ4v) is 2.21. The van der Waals surface area contributed by atoms with Crippen LogP contribution in [0.15, 0.2) is 29.6 Å². The zero-order valence-electron chi connectivity index (χ0n) is 10.0. The highest BCUT2D eigenvalue weighted by Gasteiger charge is 2.15. The molecule has 6 heteroatoms. The Kier molecular flexibility index (Phi) is 3.52. The van der Waals surface area contributed by atoms with Gasteiger partial charge in [0.25, 0.3) is 5.91 Å². The van der Waals surface area contributed by atoms with Gasteiger partial charge in [-0.25, -0.2) is 4.79 Å². The first-order chi connectivity index (χ1) is 8.99. The predicted octanol–water partition coefficient (Wildman–Crippen LogP) is 2.71. The van der Waals surface area contributed by atoms with Crippen LogP contribution in [-0.4, -0.2) is 22.1 Å². The van der Waals surface area contributed by atoms with Crippen LogP contribution in [0.4, 0.5) is 5.69 Å². The summed E-state index contributed by atoms with van der Waals surface area (Å²) in [5.41, 5.74) is 1.19. The summed E-state index contributed by atoms with van der Waals surface area (Å²) in [7, 11) is 0. The third-order valence-electron chi connectivity index (χ3n) is 2.58. The van der Waals surface area contributed by atoms with Gasteiger partial charge in [0.15, 0.2) is 0 Å². The first-order valence-corrected chi connectivity index (χ1v) is 6.28. The lowest BCUT2D eigenvalue weighted by Crippen LogP contribution is -2.13. The van der Waals surface area contributed by atoms with E-state index in [1.54, 1.807) is 24.4 Å². The molecule has 1 aromatic carbocycles. The van der Waals surface area contributed by atoms with Crippen molar-refractivity contribution in [3.8, 4) is 5.75 Å². The molecule has 3 N–H and O–H groups in total. The quantitative estimate of drug-likeness (QED) is 0.805. The van der Waals surface area contributed by atoms with E-state index in [4.69, 9.17) is 5.11 Å². The molecule has 0 aliphatic carbocycles. The Morgan fingerprint density at radius 1 is 1.26 bits per heavy atom. The Bertz CT molecular complexity index is 648. The first-order valence-electron chi connectivity index (χ1n) is 5.41. The van der Waals surface area contributed by atoms with Crippen LogP contribution in [0.2, 0.25) is 0 Å². The fraction of sp³-hybridized carbons (Fsp3) is 0.0769. The molecule has 0 radical (unpaired) electrons. The van der Waals surface area contributed by atoms with Crippen molar-refractivity contribution < 1.29 is 19.8 Å². The second kappa shape index (κ2) is 5.11. The number of hydrogen-bond acceptors (Lipinski definition) is 4. The maximum Gasteiger partial charge on any atom is 0.348 e. The third kappa shape index (κ3) is 2.74. The number of aryl methyl sites for hydroxylation is 1. The van der Waals surface area contributed by atoms with Gasteiger partial charge >= 0.3 is 5.97 Å². The van der Waals surface area contributed by atoms with E-state index in [0.717, 1.165) is 11.3 Å². The maximum absolute atomic E-state index is 11.9. The van der Waals surface area contributed by atoms with Crippen molar-refractivity contribution in [1.82, 2.24) is 0 Å². The number of hydrogen-bond donors (Lipinski definition) is 3. The first kappa shape index (κ1) is 13.1. The molecule has 0 unspecified atom stereocenters. The molecule has 2 aromatic rings. The summed E-state index contributed by atoms with van der Waals surface area (Å²) in [4.78, 5) is 22.9. The third-order valence-corrected chi connectivity index (χ3v) is 3.48. The smallest absolute Gasteiger partial charge is 0.348 e. The summed E-state index contributed by atoms with van der Waals surface area (Å²) in [5.74, 6) is -1.52. The SMILES string of the molecule is Cc1ccc(C(=O)Nc2ccsc2C(=O)O)cc1O. The summed E-state index contributed by atoms with van der Waals surface area (Å²) in [5, 5.41) is 22.6. The number of carbonyl (C=O) groups is 2. The van der Waals surface area contributed by atoms with E-state index < -0.39 is 11.9 Å². The molecule has 2 rings (SSSR count). The van der Waals surface area contributed by atoms with Crippen LogP contribution in [0, 0.1) is 6.92 Å². The van der Waals surface area contributed by atoms with Gasteiger partial charge in [-0.15, -0.1) is 11.3 Å². The lowest BCUT2D eigenvalue weighted by molar-refractivity contribution is 0.0703. The average Bonchev–Trinajstić information content (AvgIpc) is 2.80. The summed E-state index contributed by atoms with van der Waals surface area (Å²) >= 11 is 1.04. The minimum Gasteiger partial charge on any atom is -0.508 e. The van der Waals surface area contributed by atoms with Crippen LogP contribution < -0.4 is 5.32 Å². The van der Waals surface area contributed by atoms with E-state index in [1.807, 2.05) is 0 Å². The van der Waals surface area contributed by atoms with Gasteiger partial charge in [0.2, 0.25) is 0 Å². The highest BCUT2D eigenvalue weighted by molar-refractivity contribution is 7.12. The Hall–Kier alpha value is -2.34. The zero-order chi connectivity index (χ0) is 14.0. The van der Waals surface area contributed by atoms with Gasteiger partial charge in [-0.3, -0.25) is 4.79 Å². The molecule has 1 aromatic heterocycles. The number of carbonyl (C=O) groups excluding carboxylic acids is 1. The summed E-state index contributed by atoms with van der Waals surface area (Å²) < 4.78 is 0. The van der Waals surface area contributed by atoms with Crippen LogP contribution in [0.1, 0.15) is 25.6 Å². The van der Waals surface area contributed by atoms with Crippen LogP contribution in [0.3, 0.4) is 0 Å². The normalized spacial score (nSPS) is 10.2. The minimum absolute atomic E-state index is 0.0245. The second-order valence-corrected chi connectivity index (χ2v) is 4.84. The van der Waals surface area contributed by atoms with E-state index in [2.05, 4.69) is 5.32 Å². The fourth-order valence-electron chi connectivity index (χ4n) is 1.52. The van der Waals surface area contributed by atoms with Gasteiger partial charge in [0.05, 0.1) is 5.69 Å². The second-order valence-electron chi connectivity index (χ2n) is 3.92. The van der Waals surface area contributed by atoms with Crippen molar-refractivity contribution in [1.29, 1.82) is 0 Å². The van der Waals surface area contributed by atoms with E-state index in [1.165, 1.54) is 12.1 Å². The Balaban J connectivity index is 2.23. The van der Waals surface area contributed by atoms with Crippen molar-refractivity contribution in [2.45, 2.75) is 6.92 Å². The molecule has 5 nitrogen and oxygen atoms in total. The monoisotopic (exact) mass is 277 g/mol. The minimum atomic E-state index is -1.09. The van der Waals surface area contributed by atoms with Gasteiger partial charge in [-0.05, 0) is 36.1 Å². The van der Waals surface area contributed by atoms with Crippen LogP contribution in [0.5, 0.6) is 5.75 Å². The number of phenols is 1. The van der Waals surface area contributed by atoms with E-state index in [-0.39, 0.29) is 21.9 Å². The largest absolute Gasteiger partial charge is 0.508 e. The van der Waals surface area contributed by atoms with E-state index in [0.29, 0.717) is 5.56 Å². The summed E-state index contributed by atoms with van der Waals surface area (Å²) in [6.45, 7) is 1.72. The number of aromatic hydroxyl groups is 1. The molecule has 0 saturated carbocycles. The number of nitrogens with one attached hydrogen (secondary N) is 1. The van der Waals surface area contributed by atoms with Crippen LogP contribution >= 0.6 is 11.3 Å². The summed E-state index contributed by atoms with van der Waals surface area (Å²) in [6, 6.07) is 6.06. The molecule has 0 aliphatic heterocycles. The number of anilines is 1. The number of amides is 1. The number of thiophene rings is 1.